The fourth-order valence-electron chi connectivity index (χ4n) is 1.22. The van der Waals surface area contributed by atoms with Crippen LogP contribution in [0, 0.1) is 0 Å². The zero-order chi connectivity index (χ0) is 12.0. The van der Waals surface area contributed by atoms with E-state index in [4.69, 9.17) is 5.21 Å². The molecule has 3 N–H and O–H groups in total. The predicted octanol–water partition coefficient (Wildman–Crippen LogP) is -0.400. The fraction of sp³-hybridized carbons (Fsp3) is 0.273. The Balaban J connectivity index is 2.64. The number of rotatable bonds is 4. The number of carbonyl (C=O) groups excluding carboxylic acids is 1. The van der Waals surface area contributed by atoms with Crippen molar-refractivity contribution in [1.29, 1.82) is 0 Å². The van der Waals surface area contributed by atoms with Crippen molar-refractivity contribution < 1.29 is 14.9 Å². The van der Waals surface area contributed by atoms with Crippen LogP contribution < -0.4 is 10.2 Å². The lowest BCUT2D eigenvalue weighted by molar-refractivity contribution is -0.848. The van der Waals surface area contributed by atoms with Gasteiger partial charge in [-0.05, 0) is 12.1 Å². The zero-order valence-corrected chi connectivity index (χ0v) is 9.40. The van der Waals surface area contributed by atoms with Crippen molar-refractivity contribution in [1.82, 2.24) is 0 Å². The van der Waals surface area contributed by atoms with Crippen LogP contribution in [0.3, 0.4) is 0 Å². The van der Waals surface area contributed by atoms with Crippen molar-refractivity contribution in [2.75, 3.05) is 26.0 Å². The van der Waals surface area contributed by atoms with Gasteiger partial charge in [0.1, 0.15) is 6.54 Å². The van der Waals surface area contributed by atoms with Gasteiger partial charge in [-0.25, -0.2) is 0 Å². The molecule has 0 aliphatic carbocycles. The van der Waals surface area contributed by atoms with E-state index in [0.717, 1.165) is 4.90 Å². The predicted molar refractivity (Wildman–Crippen MR) is 62.0 cm³/mol. The topological polar surface area (TPSA) is 66.1 Å². The molecular formula is C11H16N3O2+. The van der Waals surface area contributed by atoms with Crippen molar-refractivity contribution in [3.63, 3.8) is 0 Å². The van der Waals surface area contributed by atoms with Gasteiger partial charge in [0.15, 0.2) is 5.71 Å². The van der Waals surface area contributed by atoms with Crippen LogP contribution in [0.4, 0.5) is 5.69 Å². The molecule has 0 atom stereocenters. The monoisotopic (exact) mass is 222 g/mol. The van der Waals surface area contributed by atoms with Gasteiger partial charge < -0.3 is 15.4 Å². The Kier molecular flexibility index (Phi) is 4.47. The molecule has 1 rings (SSSR count). The standard InChI is InChI=1S/C11H15N3O2/c1-14(2)8-10(13-16)11(15)12-9-6-4-3-5-7-9/h3-7,16H,8H2,1-2H3,(H,12,15)/p+1/b13-10+. The van der Waals surface area contributed by atoms with E-state index in [2.05, 4.69) is 10.5 Å². The summed E-state index contributed by atoms with van der Waals surface area (Å²) in [5.41, 5.74) is 0.797. The van der Waals surface area contributed by atoms with Gasteiger partial charge in [-0.1, -0.05) is 23.4 Å². The quantitative estimate of drug-likeness (QED) is 0.369. The first kappa shape index (κ1) is 12.2. The van der Waals surface area contributed by atoms with Gasteiger partial charge in [0.05, 0.1) is 14.1 Å². The maximum atomic E-state index is 11.7. The second kappa shape index (κ2) is 5.87. The Morgan fingerprint density at radius 3 is 2.50 bits per heavy atom. The highest BCUT2D eigenvalue weighted by atomic mass is 16.4. The first-order valence-electron chi connectivity index (χ1n) is 5.00. The van der Waals surface area contributed by atoms with Gasteiger partial charge in [0.25, 0.3) is 5.91 Å². The van der Waals surface area contributed by atoms with Crippen LogP contribution in [0.2, 0.25) is 0 Å². The molecule has 1 amide bonds. The largest absolute Gasteiger partial charge is 0.410 e. The van der Waals surface area contributed by atoms with Crippen LogP contribution in [0.5, 0.6) is 0 Å². The number of benzene rings is 1. The molecular weight excluding hydrogens is 206 g/mol. The van der Waals surface area contributed by atoms with Crippen molar-refractivity contribution in [2.24, 2.45) is 5.16 Å². The van der Waals surface area contributed by atoms with Crippen LogP contribution >= 0.6 is 0 Å². The molecule has 0 aromatic heterocycles. The Hall–Kier alpha value is -1.88. The third-order valence-corrected chi connectivity index (χ3v) is 1.94. The number of oxime groups is 1. The number of nitrogens with zero attached hydrogens (tertiary/aromatic N) is 1. The maximum absolute atomic E-state index is 11.7. The van der Waals surface area contributed by atoms with E-state index in [-0.39, 0.29) is 11.6 Å². The number of carbonyl (C=O) groups is 1. The summed E-state index contributed by atoms with van der Waals surface area (Å²) in [6, 6.07) is 9.05. The van der Waals surface area contributed by atoms with Gasteiger partial charge in [-0.3, -0.25) is 4.79 Å². The molecule has 0 saturated heterocycles. The summed E-state index contributed by atoms with van der Waals surface area (Å²) in [4.78, 5) is 12.7. The number of amides is 1. The molecule has 1 aromatic rings. The van der Waals surface area contributed by atoms with Gasteiger partial charge in [-0.15, -0.1) is 0 Å². The average molecular weight is 222 g/mol. The summed E-state index contributed by atoms with van der Waals surface area (Å²) in [7, 11) is 3.75. The second-order valence-electron chi connectivity index (χ2n) is 3.75. The molecule has 5 heteroatoms. The van der Waals surface area contributed by atoms with Crippen LogP contribution in [-0.2, 0) is 4.79 Å². The fourth-order valence-corrected chi connectivity index (χ4v) is 1.22. The van der Waals surface area contributed by atoms with E-state index in [0.29, 0.717) is 12.2 Å². The molecule has 0 radical (unpaired) electrons. The Bertz CT molecular complexity index is 374. The smallest absolute Gasteiger partial charge is 0.279 e. The third-order valence-electron chi connectivity index (χ3n) is 1.94. The van der Waals surface area contributed by atoms with Gasteiger partial charge in [0, 0.05) is 5.69 Å². The molecule has 5 nitrogen and oxygen atoms in total. The van der Waals surface area contributed by atoms with Crippen molar-refractivity contribution in [2.45, 2.75) is 0 Å². The molecule has 0 aliphatic heterocycles. The Morgan fingerprint density at radius 1 is 1.38 bits per heavy atom. The molecule has 0 bridgehead atoms. The van der Waals surface area contributed by atoms with Gasteiger partial charge >= 0.3 is 0 Å². The van der Waals surface area contributed by atoms with Crippen molar-refractivity contribution in [3.8, 4) is 0 Å². The SMILES string of the molecule is C[NH+](C)C/C(=N\O)C(=O)Nc1ccccc1. The number of quaternary nitrogens is 1. The molecule has 0 fully saturated rings. The molecule has 86 valence electrons. The van der Waals surface area contributed by atoms with Crippen molar-refractivity contribution >= 4 is 17.3 Å². The lowest BCUT2D eigenvalue weighted by Gasteiger charge is -2.09. The first-order valence-corrected chi connectivity index (χ1v) is 5.00. The average Bonchev–Trinajstić information content (AvgIpc) is 2.26. The lowest BCUT2D eigenvalue weighted by Crippen LogP contribution is -3.07. The van der Waals surface area contributed by atoms with Crippen LogP contribution in [0.1, 0.15) is 0 Å². The summed E-state index contributed by atoms with van der Waals surface area (Å²) in [6.07, 6.45) is 0. The Morgan fingerprint density at radius 2 is 2.00 bits per heavy atom. The van der Waals surface area contributed by atoms with Crippen LogP contribution in [0.25, 0.3) is 0 Å². The van der Waals surface area contributed by atoms with E-state index in [1.165, 1.54) is 0 Å². The number of hydrogen-bond acceptors (Lipinski definition) is 3. The minimum absolute atomic E-state index is 0.115. The number of hydrogen-bond donors (Lipinski definition) is 3. The highest BCUT2D eigenvalue weighted by Crippen LogP contribution is 2.04. The van der Waals surface area contributed by atoms with E-state index >= 15 is 0 Å². The molecule has 1 aromatic carbocycles. The van der Waals surface area contributed by atoms with E-state index in [1.807, 2.05) is 32.3 Å². The van der Waals surface area contributed by atoms with E-state index in [9.17, 15) is 4.79 Å². The normalized spacial score (nSPS) is 11.6. The molecule has 16 heavy (non-hydrogen) atoms. The summed E-state index contributed by atoms with van der Waals surface area (Å²) < 4.78 is 0. The van der Waals surface area contributed by atoms with Crippen LogP contribution in [0.15, 0.2) is 35.5 Å². The highest BCUT2D eigenvalue weighted by Gasteiger charge is 2.15. The summed E-state index contributed by atoms with van der Waals surface area (Å²) in [6.45, 7) is 0.370. The van der Waals surface area contributed by atoms with E-state index < -0.39 is 0 Å². The van der Waals surface area contributed by atoms with Crippen LogP contribution in [-0.4, -0.2) is 37.5 Å². The van der Waals surface area contributed by atoms with Gasteiger partial charge in [-0.2, -0.15) is 0 Å². The molecule has 0 aliphatic rings. The number of anilines is 1. The van der Waals surface area contributed by atoms with Crippen molar-refractivity contribution in [3.05, 3.63) is 30.3 Å². The third kappa shape index (κ3) is 3.70. The highest BCUT2D eigenvalue weighted by molar-refractivity contribution is 6.43. The number of nitrogens with one attached hydrogen (secondary N) is 2. The number of para-hydroxylation sites is 1. The molecule has 0 spiro atoms. The molecule has 0 heterocycles. The first-order chi connectivity index (χ1) is 7.63. The molecule has 0 saturated carbocycles. The summed E-state index contributed by atoms with van der Waals surface area (Å²) in [5.74, 6) is -0.380. The summed E-state index contributed by atoms with van der Waals surface area (Å²) in [5, 5.41) is 14.4. The second-order valence-corrected chi connectivity index (χ2v) is 3.75. The summed E-state index contributed by atoms with van der Waals surface area (Å²) >= 11 is 0. The maximum Gasteiger partial charge on any atom is 0.279 e. The minimum atomic E-state index is -0.380. The van der Waals surface area contributed by atoms with Gasteiger partial charge in [0.2, 0.25) is 0 Å². The zero-order valence-electron chi connectivity index (χ0n) is 9.40. The lowest BCUT2D eigenvalue weighted by atomic mass is 10.3. The molecule has 0 unspecified atom stereocenters. The minimum Gasteiger partial charge on any atom is -0.410 e. The van der Waals surface area contributed by atoms with E-state index in [1.54, 1.807) is 12.1 Å². The Labute approximate surface area is 94.4 Å².